The van der Waals surface area contributed by atoms with Crippen molar-refractivity contribution >= 4 is 23.4 Å². The van der Waals surface area contributed by atoms with E-state index < -0.39 is 6.09 Å². The zero-order chi connectivity index (χ0) is 15.9. The van der Waals surface area contributed by atoms with Crippen LogP contribution in [0.2, 0.25) is 0 Å². The molecule has 4 N–H and O–H groups in total. The third-order valence-electron chi connectivity index (χ3n) is 2.82. The van der Waals surface area contributed by atoms with Crippen LogP contribution in [0.3, 0.4) is 0 Å². The second kappa shape index (κ2) is 7.31. The van der Waals surface area contributed by atoms with Gasteiger partial charge in [-0.3, -0.25) is 5.32 Å². The number of carbonyl (C=O) groups excluding carboxylic acids is 1. The first-order valence-corrected chi connectivity index (χ1v) is 7.06. The van der Waals surface area contributed by atoms with Crippen molar-refractivity contribution in [3.05, 3.63) is 48.0 Å². The molecule has 1 aromatic carbocycles. The molecule has 6 heteroatoms. The van der Waals surface area contributed by atoms with E-state index in [-0.39, 0.29) is 11.9 Å². The van der Waals surface area contributed by atoms with Gasteiger partial charge < -0.3 is 15.8 Å². The molecule has 0 saturated carbocycles. The van der Waals surface area contributed by atoms with Crippen molar-refractivity contribution < 1.29 is 9.53 Å². The minimum absolute atomic E-state index is 0.194. The fourth-order valence-corrected chi connectivity index (χ4v) is 1.82. The van der Waals surface area contributed by atoms with Gasteiger partial charge in [-0.05, 0) is 31.5 Å². The SMILES string of the molecule is CC(C)OC(=O)Nc1ccc(NCc2ccccc2)nc1N. The predicted octanol–water partition coefficient (Wildman–Crippen LogP) is 3.23. The molecule has 0 atom stereocenters. The summed E-state index contributed by atoms with van der Waals surface area (Å²) in [5, 5.41) is 5.75. The Morgan fingerprint density at radius 1 is 1.23 bits per heavy atom. The monoisotopic (exact) mass is 300 g/mol. The number of hydrogen-bond donors (Lipinski definition) is 3. The number of carbonyl (C=O) groups is 1. The number of nitrogens with two attached hydrogens (primary N) is 1. The number of nitrogen functional groups attached to an aromatic ring is 1. The number of nitrogens with zero attached hydrogens (tertiary/aromatic N) is 1. The van der Waals surface area contributed by atoms with Gasteiger partial charge in [0.25, 0.3) is 0 Å². The molecule has 1 heterocycles. The van der Waals surface area contributed by atoms with E-state index in [9.17, 15) is 4.79 Å². The van der Waals surface area contributed by atoms with Gasteiger partial charge in [0.05, 0.1) is 11.8 Å². The first-order valence-electron chi connectivity index (χ1n) is 7.06. The average Bonchev–Trinajstić information content (AvgIpc) is 2.48. The van der Waals surface area contributed by atoms with E-state index in [4.69, 9.17) is 10.5 Å². The van der Waals surface area contributed by atoms with Crippen LogP contribution < -0.4 is 16.4 Å². The zero-order valence-electron chi connectivity index (χ0n) is 12.7. The highest BCUT2D eigenvalue weighted by Crippen LogP contribution is 2.19. The van der Waals surface area contributed by atoms with Crippen LogP contribution in [0.4, 0.5) is 22.1 Å². The maximum absolute atomic E-state index is 11.5. The van der Waals surface area contributed by atoms with Gasteiger partial charge >= 0.3 is 6.09 Å². The minimum Gasteiger partial charge on any atom is -0.447 e. The molecule has 22 heavy (non-hydrogen) atoms. The van der Waals surface area contributed by atoms with Crippen LogP contribution >= 0.6 is 0 Å². The van der Waals surface area contributed by atoms with Crippen LogP contribution in [0.15, 0.2) is 42.5 Å². The maximum atomic E-state index is 11.5. The number of amides is 1. The lowest BCUT2D eigenvalue weighted by atomic mass is 10.2. The Morgan fingerprint density at radius 2 is 1.95 bits per heavy atom. The van der Waals surface area contributed by atoms with E-state index >= 15 is 0 Å². The third-order valence-corrected chi connectivity index (χ3v) is 2.82. The quantitative estimate of drug-likeness (QED) is 0.789. The molecule has 0 saturated heterocycles. The number of rotatable bonds is 5. The van der Waals surface area contributed by atoms with Crippen molar-refractivity contribution in [2.75, 3.05) is 16.4 Å². The van der Waals surface area contributed by atoms with Crippen LogP contribution in [-0.4, -0.2) is 17.2 Å². The highest BCUT2D eigenvalue weighted by molar-refractivity contribution is 5.88. The largest absolute Gasteiger partial charge is 0.447 e. The lowest BCUT2D eigenvalue weighted by Crippen LogP contribution is -2.19. The minimum atomic E-state index is -0.548. The number of anilines is 3. The van der Waals surface area contributed by atoms with Gasteiger partial charge in [-0.25, -0.2) is 9.78 Å². The first kappa shape index (κ1) is 15.6. The van der Waals surface area contributed by atoms with Crippen molar-refractivity contribution in [1.82, 2.24) is 4.98 Å². The molecule has 0 aliphatic heterocycles. The van der Waals surface area contributed by atoms with Crippen molar-refractivity contribution in [2.45, 2.75) is 26.5 Å². The number of hydrogen-bond acceptors (Lipinski definition) is 5. The molecule has 2 rings (SSSR count). The van der Waals surface area contributed by atoms with E-state index in [1.165, 1.54) is 0 Å². The van der Waals surface area contributed by atoms with E-state index in [1.807, 2.05) is 30.3 Å². The number of aromatic nitrogens is 1. The molecule has 0 spiro atoms. The van der Waals surface area contributed by atoms with Crippen LogP contribution in [0.1, 0.15) is 19.4 Å². The standard InChI is InChI=1S/C16H20N4O2/c1-11(2)22-16(21)19-13-8-9-14(20-15(13)17)18-10-12-6-4-3-5-7-12/h3-9,11H,10H2,1-2H3,(H,19,21)(H3,17,18,20). The topological polar surface area (TPSA) is 89.3 Å². The molecule has 6 nitrogen and oxygen atoms in total. The van der Waals surface area contributed by atoms with Crippen LogP contribution in [0, 0.1) is 0 Å². The lowest BCUT2D eigenvalue weighted by molar-refractivity contribution is 0.130. The summed E-state index contributed by atoms with van der Waals surface area (Å²) in [6.45, 7) is 4.20. The Bertz CT molecular complexity index is 629. The Balaban J connectivity index is 1.96. The number of nitrogens with one attached hydrogen (secondary N) is 2. The van der Waals surface area contributed by atoms with Crippen molar-refractivity contribution in [1.29, 1.82) is 0 Å². The normalized spacial score (nSPS) is 10.3. The second-order valence-corrected chi connectivity index (χ2v) is 5.05. The molecule has 0 fully saturated rings. The van der Waals surface area contributed by atoms with E-state index in [0.29, 0.717) is 18.1 Å². The summed E-state index contributed by atoms with van der Waals surface area (Å²) >= 11 is 0. The summed E-state index contributed by atoms with van der Waals surface area (Å²) < 4.78 is 5.00. The lowest BCUT2D eigenvalue weighted by Gasteiger charge is -2.12. The highest BCUT2D eigenvalue weighted by atomic mass is 16.6. The smallest absolute Gasteiger partial charge is 0.411 e. The van der Waals surface area contributed by atoms with Gasteiger partial charge in [0.2, 0.25) is 0 Å². The van der Waals surface area contributed by atoms with Crippen LogP contribution in [-0.2, 0) is 11.3 Å². The van der Waals surface area contributed by atoms with Gasteiger partial charge in [0.1, 0.15) is 11.6 Å². The van der Waals surface area contributed by atoms with Gasteiger partial charge in [-0.2, -0.15) is 0 Å². The molecule has 0 unspecified atom stereocenters. The summed E-state index contributed by atoms with van der Waals surface area (Å²) in [4.78, 5) is 15.8. The van der Waals surface area contributed by atoms with Crippen LogP contribution in [0.5, 0.6) is 0 Å². The Kier molecular flexibility index (Phi) is 5.19. The van der Waals surface area contributed by atoms with Crippen molar-refractivity contribution in [2.24, 2.45) is 0 Å². The molecule has 0 radical (unpaired) electrons. The third kappa shape index (κ3) is 4.66. The number of ether oxygens (including phenoxy) is 1. The summed E-state index contributed by atoms with van der Waals surface area (Å²) in [5.41, 5.74) is 7.42. The molecule has 1 aromatic heterocycles. The molecule has 0 bridgehead atoms. The first-order chi connectivity index (χ1) is 10.5. The Labute approximate surface area is 129 Å². The van der Waals surface area contributed by atoms with Gasteiger partial charge in [-0.1, -0.05) is 30.3 Å². The zero-order valence-corrected chi connectivity index (χ0v) is 12.7. The van der Waals surface area contributed by atoms with E-state index in [1.54, 1.807) is 26.0 Å². The van der Waals surface area contributed by atoms with E-state index in [0.717, 1.165) is 5.56 Å². The fraction of sp³-hybridized carbons (Fsp3) is 0.250. The Morgan fingerprint density at radius 3 is 2.59 bits per heavy atom. The van der Waals surface area contributed by atoms with Gasteiger partial charge in [-0.15, -0.1) is 0 Å². The second-order valence-electron chi connectivity index (χ2n) is 5.05. The summed E-state index contributed by atoms with van der Waals surface area (Å²) in [7, 11) is 0. The molecular formula is C16H20N4O2. The maximum Gasteiger partial charge on any atom is 0.411 e. The van der Waals surface area contributed by atoms with Crippen molar-refractivity contribution in [3.63, 3.8) is 0 Å². The Hall–Kier alpha value is -2.76. The molecule has 2 aromatic rings. The van der Waals surface area contributed by atoms with Gasteiger partial charge in [0.15, 0.2) is 0 Å². The molecule has 0 aliphatic rings. The fourth-order valence-electron chi connectivity index (χ4n) is 1.82. The summed E-state index contributed by atoms with van der Waals surface area (Å²) in [5.74, 6) is 0.878. The summed E-state index contributed by atoms with van der Waals surface area (Å²) in [6.07, 6.45) is -0.741. The number of benzene rings is 1. The highest BCUT2D eigenvalue weighted by Gasteiger charge is 2.09. The van der Waals surface area contributed by atoms with Crippen LogP contribution in [0.25, 0.3) is 0 Å². The number of pyridine rings is 1. The molecule has 116 valence electrons. The average molecular weight is 300 g/mol. The molecular weight excluding hydrogens is 280 g/mol. The predicted molar refractivity (Wildman–Crippen MR) is 87.7 cm³/mol. The van der Waals surface area contributed by atoms with Crippen molar-refractivity contribution in [3.8, 4) is 0 Å². The van der Waals surface area contributed by atoms with Gasteiger partial charge in [0, 0.05) is 6.54 Å². The van der Waals surface area contributed by atoms with E-state index in [2.05, 4.69) is 15.6 Å². The molecule has 1 amide bonds. The molecule has 0 aliphatic carbocycles. The summed E-state index contributed by atoms with van der Waals surface area (Å²) in [6, 6.07) is 13.4.